The first kappa shape index (κ1) is 17.3. The minimum atomic E-state index is -2.26. The maximum absolute atomic E-state index is 13.5. The number of amides is 1. The van der Waals surface area contributed by atoms with E-state index in [-0.39, 0.29) is 11.0 Å². The molecule has 1 heterocycles. The molecule has 2 rings (SSSR count). The lowest BCUT2D eigenvalue weighted by molar-refractivity contribution is -0.115. The molecule has 0 saturated heterocycles. The molecule has 0 bridgehead atoms. The number of nitrogens with zero attached hydrogens (tertiary/aromatic N) is 1. The van der Waals surface area contributed by atoms with Crippen molar-refractivity contribution < 1.29 is 26.7 Å². The number of anilines is 1. The summed E-state index contributed by atoms with van der Waals surface area (Å²) in [5.74, 6) is -11.3. The molecular formula is C14H11F5N2OS. The number of carbonyl (C=O) groups is 1. The van der Waals surface area contributed by atoms with Crippen LogP contribution in [-0.4, -0.2) is 10.9 Å². The van der Waals surface area contributed by atoms with Crippen molar-refractivity contribution in [3.05, 3.63) is 45.7 Å². The number of benzene rings is 1. The quantitative estimate of drug-likeness (QED) is 0.511. The third-order valence-electron chi connectivity index (χ3n) is 3.00. The molecule has 0 aliphatic heterocycles. The number of carbonyl (C=O) groups excluding carboxylic acids is 1. The van der Waals surface area contributed by atoms with Crippen LogP contribution in [0.25, 0.3) is 0 Å². The maximum Gasteiger partial charge on any atom is 0.230 e. The lowest BCUT2D eigenvalue weighted by Crippen LogP contribution is -2.18. The van der Waals surface area contributed by atoms with E-state index in [9.17, 15) is 26.7 Å². The summed E-state index contributed by atoms with van der Waals surface area (Å²) in [6.45, 7) is 3.77. The third-order valence-corrected chi connectivity index (χ3v) is 3.77. The highest BCUT2D eigenvalue weighted by Gasteiger charge is 2.27. The predicted molar refractivity (Wildman–Crippen MR) is 74.8 cm³/mol. The molecule has 0 aliphatic rings. The Kier molecular flexibility index (Phi) is 4.98. The molecule has 1 N–H and O–H groups in total. The van der Waals surface area contributed by atoms with Crippen LogP contribution < -0.4 is 5.32 Å². The summed E-state index contributed by atoms with van der Waals surface area (Å²) < 4.78 is 66.1. The molecule has 0 saturated carbocycles. The molecule has 124 valence electrons. The zero-order chi connectivity index (χ0) is 17.3. The Morgan fingerprint density at radius 1 is 1.09 bits per heavy atom. The van der Waals surface area contributed by atoms with Gasteiger partial charge in [0.25, 0.3) is 0 Å². The van der Waals surface area contributed by atoms with Crippen molar-refractivity contribution in [2.45, 2.75) is 26.2 Å². The lowest BCUT2D eigenvalue weighted by Gasteiger charge is -2.08. The fourth-order valence-electron chi connectivity index (χ4n) is 1.74. The lowest BCUT2D eigenvalue weighted by atomic mass is 10.1. The van der Waals surface area contributed by atoms with Crippen molar-refractivity contribution in [3.8, 4) is 0 Å². The summed E-state index contributed by atoms with van der Waals surface area (Å²) in [5, 5.41) is 4.15. The van der Waals surface area contributed by atoms with E-state index in [0.29, 0.717) is 5.69 Å². The van der Waals surface area contributed by atoms with Crippen LogP contribution in [0, 0.1) is 29.1 Å². The van der Waals surface area contributed by atoms with Gasteiger partial charge in [-0.25, -0.2) is 26.9 Å². The number of rotatable bonds is 4. The van der Waals surface area contributed by atoms with Gasteiger partial charge in [-0.05, 0) is 5.92 Å². The van der Waals surface area contributed by atoms with Crippen molar-refractivity contribution in [2.24, 2.45) is 0 Å². The van der Waals surface area contributed by atoms with E-state index in [2.05, 4.69) is 10.3 Å². The van der Waals surface area contributed by atoms with Crippen molar-refractivity contribution in [3.63, 3.8) is 0 Å². The number of hydrogen-bond donors (Lipinski definition) is 1. The van der Waals surface area contributed by atoms with Crippen LogP contribution in [-0.2, 0) is 11.2 Å². The van der Waals surface area contributed by atoms with E-state index in [1.54, 1.807) is 5.38 Å². The van der Waals surface area contributed by atoms with Gasteiger partial charge in [-0.15, -0.1) is 11.3 Å². The van der Waals surface area contributed by atoms with E-state index < -0.39 is 47.0 Å². The van der Waals surface area contributed by atoms with E-state index in [0.717, 1.165) is 11.3 Å². The molecule has 1 amide bonds. The third kappa shape index (κ3) is 3.49. The Hall–Kier alpha value is -2.03. The van der Waals surface area contributed by atoms with Crippen molar-refractivity contribution in [1.29, 1.82) is 0 Å². The highest BCUT2D eigenvalue weighted by Crippen LogP contribution is 2.25. The monoisotopic (exact) mass is 350 g/mol. The highest BCUT2D eigenvalue weighted by molar-refractivity contribution is 7.13. The molecule has 0 aliphatic carbocycles. The van der Waals surface area contributed by atoms with Crippen LogP contribution in [0.3, 0.4) is 0 Å². The Morgan fingerprint density at radius 3 is 2.09 bits per heavy atom. The second kappa shape index (κ2) is 6.61. The zero-order valence-electron chi connectivity index (χ0n) is 12.0. The minimum Gasteiger partial charge on any atom is -0.302 e. The maximum atomic E-state index is 13.5. The summed E-state index contributed by atoms with van der Waals surface area (Å²) in [6.07, 6.45) is -0.998. The smallest absolute Gasteiger partial charge is 0.230 e. The van der Waals surface area contributed by atoms with Gasteiger partial charge in [0.2, 0.25) is 11.7 Å². The number of nitrogens with one attached hydrogen (secondary N) is 1. The topological polar surface area (TPSA) is 42.0 Å². The molecule has 0 fully saturated rings. The highest BCUT2D eigenvalue weighted by atomic mass is 32.1. The Bertz CT molecular complexity index is 731. The number of aromatic nitrogens is 1. The molecule has 0 unspecified atom stereocenters. The first-order valence-electron chi connectivity index (χ1n) is 6.48. The van der Waals surface area contributed by atoms with E-state index in [4.69, 9.17) is 0 Å². The first-order chi connectivity index (χ1) is 10.7. The molecule has 2 aromatic rings. The minimum absolute atomic E-state index is 0.118. The largest absolute Gasteiger partial charge is 0.302 e. The van der Waals surface area contributed by atoms with Gasteiger partial charge in [0.1, 0.15) is 0 Å². The predicted octanol–water partition coefficient (Wildman–Crippen LogP) is 4.14. The van der Waals surface area contributed by atoms with Gasteiger partial charge in [-0.3, -0.25) is 4.79 Å². The second-order valence-corrected chi connectivity index (χ2v) is 5.86. The van der Waals surface area contributed by atoms with Gasteiger partial charge < -0.3 is 5.32 Å². The van der Waals surface area contributed by atoms with Crippen LogP contribution in [0.15, 0.2) is 5.38 Å². The molecule has 9 heteroatoms. The van der Waals surface area contributed by atoms with Gasteiger partial charge in [-0.2, -0.15) is 0 Å². The summed E-state index contributed by atoms with van der Waals surface area (Å²) in [5.41, 5.74) is -0.471. The van der Waals surface area contributed by atoms with Crippen molar-refractivity contribution in [2.75, 3.05) is 5.32 Å². The van der Waals surface area contributed by atoms with Gasteiger partial charge in [0, 0.05) is 10.9 Å². The number of thiazole rings is 1. The molecule has 1 aromatic carbocycles. The fourth-order valence-corrected chi connectivity index (χ4v) is 2.63. The summed E-state index contributed by atoms with van der Waals surface area (Å²) in [7, 11) is 0. The normalized spacial score (nSPS) is 11.1. The van der Waals surface area contributed by atoms with E-state index >= 15 is 0 Å². The molecule has 0 radical (unpaired) electrons. The van der Waals surface area contributed by atoms with Crippen molar-refractivity contribution in [1.82, 2.24) is 4.98 Å². The van der Waals surface area contributed by atoms with Gasteiger partial charge in [-0.1, -0.05) is 13.8 Å². The van der Waals surface area contributed by atoms with E-state index in [1.165, 1.54) is 0 Å². The number of hydrogen-bond acceptors (Lipinski definition) is 3. The van der Waals surface area contributed by atoms with Crippen LogP contribution in [0.4, 0.5) is 27.1 Å². The molecule has 23 heavy (non-hydrogen) atoms. The zero-order valence-corrected chi connectivity index (χ0v) is 12.8. The number of halogens is 5. The average Bonchev–Trinajstić information content (AvgIpc) is 2.96. The molecule has 1 aromatic heterocycles. The summed E-state index contributed by atoms with van der Waals surface area (Å²) in [4.78, 5) is 15.8. The average molecular weight is 350 g/mol. The standard InChI is InChI=1S/C14H11F5N2OS/c1-5(2)7-4-23-14(20-7)21-8(22)3-6-9(15)11(17)13(19)12(18)10(6)16/h4-5H,3H2,1-2H3,(H,20,21,22). The Balaban J connectivity index is 2.20. The van der Waals surface area contributed by atoms with Crippen LogP contribution >= 0.6 is 11.3 Å². The van der Waals surface area contributed by atoms with Gasteiger partial charge in [0.05, 0.1) is 12.1 Å². The van der Waals surface area contributed by atoms with Gasteiger partial charge >= 0.3 is 0 Å². The fraction of sp³-hybridized carbons (Fsp3) is 0.286. The van der Waals surface area contributed by atoms with E-state index in [1.807, 2.05) is 13.8 Å². The molecule has 0 spiro atoms. The molecule has 3 nitrogen and oxygen atoms in total. The Morgan fingerprint density at radius 2 is 1.61 bits per heavy atom. The summed E-state index contributed by atoms with van der Waals surface area (Å²) >= 11 is 1.10. The molecule has 0 atom stereocenters. The van der Waals surface area contributed by atoms with Gasteiger partial charge in [0.15, 0.2) is 28.4 Å². The van der Waals surface area contributed by atoms with Crippen LogP contribution in [0.1, 0.15) is 31.0 Å². The second-order valence-electron chi connectivity index (χ2n) is 5.01. The summed E-state index contributed by atoms with van der Waals surface area (Å²) in [6, 6.07) is 0. The Labute approximate surface area is 132 Å². The molecular weight excluding hydrogens is 339 g/mol. The van der Waals surface area contributed by atoms with Crippen molar-refractivity contribution >= 4 is 22.4 Å². The SMILES string of the molecule is CC(C)c1csc(NC(=O)Cc2c(F)c(F)c(F)c(F)c2F)n1. The van der Waals surface area contributed by atoms with Crippen LogP contribution in [0.2, 0.25) is 0 Å². The first-order valence-corrected chi connectivity index (χ1v) is 7.35. The van der Waals surface area contributed by atoms with Crippen LogP contribution in [0.5, 0.6) is 0 Å².